The fraction of sp³-hybridized carbons (Fsp3) is 0.333. The molecule has 11 heteroatoms. The molecule has 0 radical (unpaired) electrons. The third-order valence-electron chi connectivity index (χ3n) is 5.03. The number of ether oxygens (including phenoxy) is 3. The maximum absolute atomic E-state index is 12.2. The lowest BCUT2D eigenvalue weighted by molar-refractivity contribution is -0.139. The van der Waals surface area contributed by atoms with Gasteiger partial charge in [0.1, 0.15) is 0 Å². The van der Waals surface area contributed by atoms with Crippen LogP contribution in [-0.2, 0) is 19.1 Å². The van der Waals surface area contributed by atoms with E-state index in [1.54, 1.807) is 12.1 Å². The number of carbonyl (C=O) groups is 3. The van der Waals surface area contributed by atoms with Crippen molar-refractivity contribution in [1.82, 2.24) is 10.7 Å². The average molecular weight is 594 g/mol. The van der Waals surface area contributed by atoms with Gasteiger partial charge in [-0.15, -0.1) is 0 Å². The quantitative estimate of drug-likeness (QED) is 0.177. The molecule has 1 aliphatic rings. The maximum atomic E-state index is 12.2. The summed E-state index contributed by atoms with van der Waals surface area (Å²) >= 11 is 2.05. The van der Waals surface area contributed by atoms with Crippen molar-refractivity contribution in [2.75, 3.05) is 32.2 Å². The molecular weight excluding hydrogens is 567 g/mol. The number of aryl methyl sites for hydroxylation is 1. The summed E-state index contributed by atoms with van der Waals surface area (Å²) in [6, 6.07) is 10.8. The topological polar surface area (TPSA) is 127 Å². The van der Waals surface area contributed by atoms with Gasteiger partial charge in [-0.3, -0.25) is 14.4 Å². The Morgan fingerprint density at radius 3 is 2.66 bits per heavy atom. The van der Waals surface area contributed by atoms with E-state index >= 15 is 0 Å². The number of amides is 3. The summed E-state index contributed by atoms with van der Waals surface area (Å²) in [5.74, 6) is -1.17. The van der Waals surface area contributed by atoms with Gasteiger partial charge in [-0.2, -0.15) is 5.10 Å². The van der Waals surface area contributed by atoms with Crippen LogP contribution in [0.5, 0.6) is 11.5 Å². The summed E-state index contributed by atoms with van der Waals surface area (Å²) in [4.78, 5) is 36.0. The molecule has 1 aliphatic heterocycles. The second-order valence-electron chi connectivity index (χ2n) is 7.78. The number of anilines is 1. The lowest BCUT2D eigenvalue weighted by Crippen LogP contribution is -2.41. The van der Waals surface area contributed by atoms with Crippen LogP contribution in [0.4, 0.5) is 5.69 Å². The zero-order valence-electron chi connectivity index (χ0n) is 19.4. The smallest absolute Gasteiger partial charge is 0.329 e. The summed E-state index contributed by atoms with van der Waals surface area (Å²) < 4.78 is 17.2. The van der Waals surface area contributed by atoms with E-state index in [1.807, 2.05) is 31.2 Å². The molecule has 1 atom stereocenters. The van der Waals surface area contributed by atoms with Gasteiger partial charge in [0, 0.05) is 18.8 Å². The van der Waals surface area contributed by atoms with E-state index in [2.05, 4.69) is 43.8 Å². The number of halogens is 1. The predicted octanol–water partition coefficient (Wildman–Crippen LogP) is 2.37. The minimum absolute atomic E-state index is 0.0563. The van der Waals surface area contributed by atoms with Gasteiger partial charge < -0.3 is 24.8 Å². The summed E-state index contributed by atoms with van der Waals surface area (Å²) in [6.45, 7) is 2.72. The molecule has 35 heavy (non-hydrogen) atoms. The number of rotatable bonds is 9. The highest BCUT2D eigenvalue weighted by atomic mass is 127. The molecule has 0 unspecified atom stereocenters. The number of methoxy groups -OCH3 is 1. The molecule has 3 N–H and O–H groups in total. The molecule has 3 rings (SSSR count). The third-order valence-corrected chi connectivity index (χ3v) is 5.84. The molecule has 0 spiro atoms. The lowest BCUT2D eigenvalue weighted by Gasteiger charge is -2.13. The Kier molecular flexibility index (Phi) is 9.85. The van der Waals surface area contributed by atoms with Crippen molar-refractivity contribution < 1.29 is 28.6 Å². The van der Waals surface area contributed by atoms with E-state index in [-0.39, 0.29) is 25.2 Å². The van der Waals surface area contributed by atoms with Crippen LogP contribution < -0.4 is 25.5 Å². The number of carbonyl (C=O) groups excluding carboxylic acids is 3. The molecule has 0 aliphatic carbocycles. The molecule has 0 bridgehead atoms. The molecular formula is C24H27IN4O6. The average Bonchev–Trinajstić information content (AvgIpc) is 3.36. The third kappa shape index (κ3) is 8.21. The number of nitrogens with zero attached hydrogens (tertiary/aromatic N) is 1. The molecule has 0 aromatic heterocycles. The monoisotopic (exact) mass is 594 g/mol. The second kappa shape index (κ2) is 13.0. The van der Waals surface area contributed by atoms with Gasteiger partial charge in [0.05, 0.1) is 23.0 Å². The van der Waals surface area contributed by atoms with Crippen LogP contribution in [0.15, 0.2) is 41.5 Å². The molecule has 1 fully saturated rings. The Morgan fingerprint density at radius 2 is 1.97 bits per heavy atom. The fourth-order valence-electron chi connectivity index (χ4n) is 3.23. The lowest BCUT2D eigenvalue weighted by atomic mass is 10.2. The van der Waals surface area contributed by atoms with Gasteiger partial charge in [-0.1, -0.05) is 17.7 Å². The SMILES string of the molecule is COc1cc(/C=N\NC(=O)C(=O)NC[C@H]2CCCO2)cc(I)c1OCC(=O)Nc1ccc(C)cc1. The van der Waals surface area contributed by atoms with Gasteiger partial charge in [0.25, 0.3) is 5.91 Å². The van der Waals surface area contributed by atoms with E-state index in [0.29, 0.717) is 32.9 Å². The van der Waals surface area contributed by atoms with Crippen LogP contribution in [0.25, 0.3) is 0 Å². The minimum atomic E-state index is -0.875. The highest BCUT2D eigenvalue weighted by Gasteiger charge is 2.19. The van der Waals surface area contributed by atoms with Crippen LogP contribution in [0, 0.1) is 10.5 Å². The van der Waals surface area contributed by atoms with Crippen molar-refractivity contribution in [2.45, 2.75) is 25.9 Å². The zero-order valence-corrected chi connectivity index (χ0v) is 21.6. The normalized spacial score (nSPS) is 15.0. The van der Waals surface area contributed by atoms with Crippen molar-refractivity contribution in [3.8, 4) is 11.5 Å². The highest BCUT2D eigenvalue weighted by Crippen LogP contribution is 2.33. The first-order valence-corrected chi connectivity index (χ1v) is 12.0. The van der Waals surface area contributed by atoms with Gasteiger partial charge in [-0.05, 0) is 72.2 Å². The van der Waals surface area contributed by atoms with Crippen molar-refractivity contribution in [3.63, 3.8) is 0 Å². The van der Waals surface area contributed by atoms with E-state index in [4.69, 9.17) is 14.2 Å². The van der Waals surface area contributed by atoms with E-state index in [0.717, 1.165) is 18.4 Å². The Morgan fingerprint density at radius 1 is 1.20 bits per heavy atom. The Labute approximate surface area is 216 Å². The molecule has 3 amide bonds. The number of hydrogen-bond acceptors (Lipinski definition) is 7. The summed E-state index contributed by atoms with van der Waals surface area (Å²) in [5.41, 5.74) is 4.57. The van der Waals surface area contributed by atoms with Crippen LogP contribution >= 0.6 is 22.6 Å². The van der Waals surface area contributed by atoms with Crippen LogP contribution in [0.2, 0.25) is 0 Å². The van der Waals surface area contributed by atoms with Gasteiger partial charge in [0.15, 0.2) is 18.1 Å². The van der Waals surface area contributed by atoms with Gasteiger partial charge in [0.2, 0.25) is 0 Å². The minimum Gasteiger partial charge on any atom is -0.493 e. The van der Waals surface area contributed by atoms with E-state index in [1.165, 1.54) is 13.3 Å². The van der Waals surface area contributed by atoms with Crippen LogP contribution in [0.3, 0.4) is 0 Å². The zero-order chi connectivity index (χ0) is 25.2. The van der Waals surface area contributed by atoms with Crippen LogP contribution in [-0.4, -0.2) is 56.9 Å². The summed E-state index contributed by atoms with van der Waals surface area (Å²) in [7, 11) is 1.48. The molecule has 1 heterocycles. The van der Waals surface area contributed by atoms with Crippen molar-refractivity contribution in [3.05, 3.63) is 51.1 Å². The van der Waals surface area contributed by atoms with Crippen molar-refractivity contribution in [1.29, 1.82) is 0 Å². The number of hydrogen-bond donors (Lipinski definition) is 3. The first-order valence-electron chi connectivity index (χ1n) is 11.0. The largest absolute Gasteiger partial charge is 0.493 e. The summed E-state index contributed by atoms with van der Waals surface area (Å²) in [6.07, 6.45) is 3.13. The Balaban J connectivity index is 1.52. The molecule has 2 aromatic rings. The standard InChI is InChI=1S/C24H27IN4O6/c1-15-5-7-17(8-6-15)28-21(30)14-35-22-19(25)10-16(11-20(22)33-2)12-27-29-24(32)23(31)26-13-18-4-3-9-34-18/h5-8,10-12,18H,3-4,9,13-14H2,1-2H3,(H,26,31)(H,28,30)(H,29,32)/b27-12-/t18-/m1/s1. The molecule has 1 saturated heterocycles. The molecule has 0 saturated carbocycles. The van der Waals surface area contributed by atoms with E-state index in [9.17, 15) is 14.4 Å². The maximum Gasteiger partial charge on any atom is 0.329 e. The number of nitrogens with one attached hydrogen (secondary N) is 3. The second-order valence-corrected chi connectivity index (χ2v) is 8.94. The fourth-order valence-corrected chi connectivity index (χ4v) is 4.02. The van der Waals surface area contributed by atoms with Gasteiger partial charge >= 0.3 is 11.8 Å². The van der Waals surface area contributed by atoms with Crippen LogP contribution in [0.1, 0.15) is 24.0 Å². The van der Waals surface area contributed by atoms with E-state index < -0.39 is 11.8 Å². The molecule has 2 aromatic carbocycles. The number of benzene rings is 2. The van der Waals surface area contributed by atoms with Crippen molar-refractivity contribution >= 4 is 52.2 Å². The Bertz CT molecular complexity index is 1080. The number of hydrazone groups is 1. The highest BCUT2D eigenvalue weighted by molar-refractivity contribution is 14.1. The Hall–Kier alpha value is -3.19. The van der Waals surface area contributed by atoms with Gasteiger partial charge in [-0.25, -0.2) is 5.43 Å². The first kappa shape index (κ1) is 26.4. The first-order chi connectivity index (χ1) is 16.9. The summed E-state index contributed by atoms with van der Waals surface area (Å²) in [5, 5.41) is 9.14. The predicted molar refractivity (Wildman–Crippen MR) is 139 cm³/mol. The molecule has 186 valence electrons. The molecule has 10 nitrogen and oxygen atoms in total. The van der Waals surface area contributed by atoms with Crippen molar-refractivity contribution in [2.24, 2.45) is 5.10 Å².